The standard InChI is InChI=1S/C17H22N2O/c1-13(2)20-17-10-5-4-9-16(17)14(3)19-12-15-8-6-7-11-18-15/h4-11,13-14,19H,12H2,1-3H3. The van der Waals surface area contributed by atoms with Gasteiger partial charge in [0.25, 0.3) is 0 Å². The van der Waals surface area contributed by atoms with E-state index < -0.39 is 0 Å². The first-order chi connectivity index (χ1) is 9.66. The van der Waals surface area contributed by atoms with E-state index in [-0.39, 0.29) is 12.1 Å². The Morgan fingerprint density at radius 2 is 1.80 bits per heavy atom. The van der Waals surface area contributed by atoms with E-state index in [0.29, 0.717) is 0 Å². The Hall–Kier alpha value is -1.87. The van der Waals surface area contributed by atoms with Gasteiger partial charge in [-0.2, -0.15) is 0 Å². The van der Waals surface area contributed by atoms with Crippen LogP contribution in [0.3, 0.4) is 0 Å². The van der Waals surface area contributed by atoms with Gasteiger partial charge in [-0.05, 0) is 39.0 Å². The molecule has 0 radical (unpaired) electrons. The molecule has 0 amide bonds. The van der Waals surface area contributed by atoms with E-state index >= 15 is 0 Å². The molecule has 0 aliphatic heterocycles. The molecule has 3 heteroatoms. The van der Waals surface area contributed by atoms with Gasteiger partial charge in [-0.1, -0.05) is 24.3 Å². The lowest BCUT2D eigenvalue weighted by Crippen LogP contribution is -2.20. The highest BCUT2D eigenvalue weighted by atomic mass is 16.5. The first-order valence-electron chi connectivity index (χ1n) is 7.05. The zero-order valence-electron chi connectivity index (χ0n) is 12.3. The molecule has 1 heterocycles. The van der Waals surface area contributed by atoms with Gasteiger partial charge in [0, 0.05) is 24.3 Å². The van der Waals surface area contributed by atoms with Crippen LogP contribution < -0.4 is 10.1 Å². The van der Waals surface area contributed by atoms with Gasteiger partial charge in [0.15, 0.2) is 0 Å². The van der Waals surface area contributed by atoms with Crippen LogP contribution in [0.4, 0.5) is 0 Å². The third-order valence-corrected chi connectivity index (χ3v) is 3.06. The van der Waals surface area contributed by atoms with Gasteiger partial charge in [-0.15, -0.1) is 0 Å². The molecule has 0 saturated carbocycles. The molecule has 1 atom stereocenters. The Balaban J connectivity index is 2.03. The van der Waals surface area contributed by atoms with Crippen LogP contribution in [0.5, 0.6) is 5.75 Å². The smallest absolute Gasteiger partial charge is 0.124 e. The summed E-state index contributed by atoms with van der Waals surface area (Å²) >= 11 is 0. The molecule has 0 aliphatic rings. The van der Waals surface area contributed by atoms with Crippen LogP contribution in [-0.4, -0.2) is 11.1 Å². The SMILES string of the molecule is CC(C)Oc1ccccc1C(C)NCc1ccccn1. The van der Waals surface area contributed by atoms with E-state index in [2.05, 4.69) is 23.3 Å². The van der Waals surface area contributed by atoms with Gasteiger partial charge in [0.1, 0.15) is 5.75 Å². The fourth-order valence-corrected chi connectivity index (χ4v) is 2.07. The minimum atomic E-state index is 0.180. The molecule has 0 bridgehead atoms. The highest BCUT2D eigenvalue weighted by molar-refractivity contribution is 5.35. The fraction of sp³-hybridized carbons (Fsp3) is 0.353. The normalized spacial score (nSPS) is 12.4. The van der Waals surface area contributed by atoms with Crippen LogP contribution >= 0.6 is 0 Å². The monoisotopic (exact) mass is 270 g/mol. The number of nitrogens with one attached hydrogen (secondary N) is 1. The van der Waals surface area contributed by atoms with Gasteiger partial charge in [-0.3, -0.25) is 4.98 Å². The first-order valence-corrected chi connectivity index (χ1v) is 7.05. The highest BCUT2D eigenvalue weighted by Gasteiger charge is 2.11. The third kappa shape index (κ3) is 4.07. The summed E-state index contributed by atoms with van der Waals surface area (Å²) in [6.45, 7) is 6.98. The number of aromatic nitrogens is 1. The van der Waals surface area contributed by atoms with Gasteiger partial charge >= 0.3 is 0 Å². The Morgan fingerprint density at radius 3 is 2.50 bits per heavy atom. The second-order valence-corrected chi connectivity index (χ2v) is 5.13. The van der Waals surface area contributed by atoms with Crippen molar-refractivity contribution in [1.29, 1.82) is 0 Å². The molecule has 0 saturated heterocycles. The van der Waals surface area contributed by atoms with Crippen LogP contribution in [0.25, 0.3) is 0 Å². The Labute approximate surface area is 121 Å². The molecule has 1 N–H and O–H groups in total. The molecule has 1 aromatic heterocycles. The van der Waals surface area contributed by atoms with Crippen molar-refractivity contribution >= 4 is 0 Å². The highest BCUT2D eigenvalue weighted by Crippen LogP contribution is 2.25. The largest absolute Gasteiger partial charge is 0.491 e. The molecular weight excluding hydrogens is 248 g/mol. The zero-order valence-corrected chi connectivity index (χ0v) is 12.3. The summed E-state index contributed by atoms with van der Waals surface area (Å²) in [5.41, 5.74) is 2.22. The number of ether oxygens (including phenoxy) is 1. The van der Waals surface area contributed by atoms with Gasteiger partial charge in [0.2, 0.25) is 0 Å². The van der Waals surface area contributed by atoms with Crippen LogP contribution in [0.2, 0.25) is 0 Å². The number of hydrogen-bond acceptors (Lipinski definition) is 3. The van der Waals surface area contributed by atoms with Crippen molar-refractivity contribution in [2.75, 3.05) is 0 Å². The summed E-state index contributed by atoms with van der Waals surface area (Å²) in [5.74, 6) is 0.948. The van der Waals surface area contributed by atoms with Crippen LogP contribution in [0.15, 0.2) is 48.7 Å². The van der Waals surface area contributed by atoms with Crippen molar-refractivity contribution in [2.45, 2.75) is 39.5 Å². The second-order valence-electron chi connectivity index (χ2n) is 5.13. The lowest BCUT2D eigenvalue weighted by Gasteiger charge is -2.19. The van der Waals surface area contributed by atoms with E-state index in [9.17, 15) is 0 Å². The Morgan fingerprint density at radius 1 is 1.05 bits per heavy atom. The van der Waals surface area contributed by atoms with Gasteiger partial charge < -0.3 is 10.1 Å². The second kappa shape index (κ2) is 7.06. The quantitative estimate of drug-likeness (QED) is 0.868. The maximum atomic E-state index is 5.86. The molecule has 0 spiro atoms. The summed E-state index contributed by atoms with van der Waals surface area (Å²) in [6.07, 6.45) is 2.00. The van der Waals surface area contributed by atoms with Crippen molar-refractivity contribution in [1.82, 2.24) is 10.3 Å². The molecule has 2 rings (SSSR count). The molecule has 1 unspecified atom stereocenters. The Kier molecular flexibility index (Phi) is 5.13. The summed E-state index contributed by atoms with van der Waals surface area (Å²) in [7, 11) is 0. The average Bonchev–Trinajstić information content (AvgIpc) is 2.46. The minimum absolute atomic E-state index is 0.180. The van der Waals surface area contributed by atoms with E-state index in [0.717, 1.165) is 18.0 Å². The molecule has 0 fully saturated rings. The topological polar surface area (TPSA) is 34.1 Å². The van der Waals surface area contributed by atoms with Crippen molar-refractivity contribution in [2.24, 2.45) is 0 Å². The van der Waals surface area contributed by atoms with E-state index in [1.807, 2.05) is 56.4 Å². The lowest BCUT2D eigenvalue weighted by atomic mass is 10.1. The number of nitrogens with zero attached hydrogens (tertiary/aromatic N) is 1. The van der Waals surface area contributed by atoms with Crippen LogP contribution in [0.1, 0.15) is 38.1 Å². The number of para-hydroxylation sites is 1. The van der Waals surface area contributed by atoms with Crippen LogP contribution in [-0.2, 0) is 6.54 Å². The number of rotatable bonds is 6. The summed E-state index contributed by atoms with van der Waals surface area (Å²) in [6, 6.07) is 14.3. The van der Waals surface area contributed by atoms with Crippen LogP contribution in [0, 0.1) is 0 Å². The molecule has 0 aliphatic carbocycles. The van der Waals surface area contributed by atoms with E-state index in [4.69, 9.17) is 4.74 Å². The number of hydrogen-bond donors (Lipinski definition) is 1. The summed E-state index contributed by atoms with van der Waals surface area (Å²) < 4.78 is 5.86. The fourth-order valence-electron chi connectivity index (χ4n) is 2.07. The van der Waals surface area contributed by atoms with Crippen molar-refractivity contribution in [3.8, 4) is 5.75 Å². The minimum Gasteiger partial charge on any atom is -0.491 e. The molecule has 3 nitrogen and oxygen atoms in total. The number of pyridine rings is 1. The summed E-state index contributed by atoms with van der Waals surface area (Å²) in [4.78, 5) is 4.32. The predicted octanol–water partition coefficient (Wildman–Crippen LogP) is 3.72. The molecule has 2 aromatic rings. The van der Waals surface area contributed by atoms with Gasteiger partial charge in [-0.25, -0.2) is 0 Å². The zero-order chi connectivity index (χ0) is 14.4. The van der Waals surface area contributed by atoms with E-state index in [1.54, 1.807) is 0 Å². The number of benzene rings is 1. The van der Waals surface area contributed by atoms with Crippen molar-refractivity contribution in [3.63, 3.8) is 0 Å². The Bertz CT molecular complexity index is 526. The average molecular weight is 270 g/mol. The molecular formula is C17H22N2O. The maximum absolute atomic E-state index is 5.86. The third-order valence-electron chi connectivity index (χ3n) is 3.06. The van der Waals surface area contributed by atoms with Gasteiger partial charge in [0.05, 0.1) is 11.8 Å². The first kappa shape index (κ1) is 14.5. The van der Waals surface area contributed by atoms with Crippen molar-refractivity contribution in [3.05, 3.63) is 59.9 Å². The molecule has 106 valence electrons. The lowest BCUT2D eigenvalue weighted by molar-refractivity contribution is 0.238. The summed E-state index contributed by atoms with van der Waals surface area (Å²) in [5, 5.41) is 3.49. The maximum Gasteiger partial charge on any atom is 0.124 e. The van der Waals surface area contributed by atoms with E-state index in [1.165, 1.54) is 5.56 Å². The molecule has 1 aromatic carbocycles. The predicted molar refractivity (Wildman–Crippen MR) is 81.7 cm³/mol. The molecule has 20 heavy (non-hydrogen) atoms. The van der Waals surface area contributed by atoms with Crippen molar-refractivity contribution < 1.29 is 4.74 Å².